The van der Waals surface area contributed by atoms with Crippen molar-refractivity contribution in [3.8, 4) is 0 Å². The number of hydrogen-bond donors (Lipinski definition) is 2. The van der Waals surface area contributed by atoms with Crippen LogP contribution < -0.4 is 10.6 Å². The third-order valence-corrected chi connectivity index (χ3v) is 4.31. The van der Waals surface area contributed by atoms with E-state index in [0.717, 1.165) is 5.69 Å². The summed E-state index contributed by atoms with van der Waals surface area (Å²) in [4.78, 5) is 23.3. The summed E-state index contributed by atoms with van der Waals surface area (Å²) in [5.74, 6) is -0.139. The number of aryl methyl sites for hydroxylation is 1. The quantitative estimate of drug-likeness (QED) is 0.676. The first-order valence-electron chi connectivity index (χ1n) is 8.46. The highest BCUT2D eigenvalue weighted by atomic mass is 35.5. The van der Waals surface area contributed by atoms with Crippen molar-refractivity contribution in [3.05, 3.63) is 45.7 Å². The molecule has 2 N–H and O–H groups in total. The van der Waals surface area contributed by atoms with Crippen LogP contribution in [0, 0.1) is 12.8 Å². The topological polar surface area (TPSA) is 76.0 Å². The molecule has 0 saturated heterocycles. The van der Waals surface area contributed by atoms with E-state index < -0.39 is 0 Å². The van der Waals surface area contributed by atoms with E-state index in [2.05, 4.69) is 29.6 Å². The molecule has 144 valence electrons. The highest BCUT2D eigenvalue weighted by Gasteiger charge is 2.12. The number of halogens is 2. The fourth-order valence-corrected chi connectivity index (χ4v) is 2.98. The number of amides is 2. The van der Waals surface area contributed by atoms with Gasteiger partial charge in [0.15, 0.2) is 0 Å². The molecule has 8 heteroatoms. The minimum Gasteiger partial charge on any atom is -0.325 e. The zero-order valence-electron chi connectivity index (χ0n) is 15.6. The van der Waals surface area contributed by atoms with Gasteiger partial charge in [-0.2, -0.15) is 5.10 Å². The summed E-state index contributed by atoms with van der Waals surface area (Å²) < 4.78 is 1.74. The van der Waals surface area contributed by atoms with E-state index in [1.165, 1.54) is 13.0 Å². The molecule has 27 heavy (non-hydrogen) atoms. The lowest BCUT2D eigenvalue weighted by molar-refractivity contribution is -0.114. The number of benzene rings is 1. The van der Waals surface area contributed by atoms with Gasteiger partial charge in [-0.1, -0.05) is 37.0 Å². The molecule has 6 nitrogen and oxygen atoms in total. The maximum atomic E-state index is 12.2. The predicted molar refractivity (Wildman–Crippen MR) is 110 cm³/mol. The molecule has 1 heterocycles. The Balaban J connectivity index is 2.09. The van der Waals surface area contributed by atoms with Crippen molar-refractivity contribution in [3.63, 3.8) is 0 Å². The van der Waals surface area contributed by atoms with Crippen LogP contribution in [0.3, 0.4) is 0 Å². The number of carbonyl (C=O) groups is 2. The van der Waals surface area contributed by atoms with E-state index in [9.17, 15) is 9.59 Å². The molecule has 0 aliphatic rings. The highest BCUT2D eigenvalue weighted by molar-refractivity contribution is 6.34. The van der Waals surface area contributed by atoms with Crippen LogP contribution in [0.5, 0.6) is 0 Å². The van der Waals surface area contributed by atoms with E-state index in [1.54, 1.807) is 29.0 Å². The molecule has 0 unspecified atom stereocenters. The fourth-order valence-electron chi connectivity index (χ4n) is 2.45. The Kier molecular flexibility index (Phi) is 7.05. The first-order valence-corrected chi connectivity index (χ1v) is 9.22. The lowest BCUT2D eigenvalue weighted by Gasteiger charge is -2.08. The van der Waals surface area contributed by atoms with Gasteiger partial charge in [-0.05, 0) is 37.1 Å². The SMILES string of the molecule is CC(=O)Nc1ccc(NC(=O)/C=C/c2c(C)nn(CC(C)C)c2Cl)cc1Cl. The van der Waals surface area contributed by atoms with Gasteiger partial charge in [-0.25, -0.2) is 0 Å². The van der Waals surface area contributed by atoms with Crippen LogP contribution in [0.4, 0.5) is 11.4 Å². The molecule has 0 aliphatic carbocycles. The van der Waals surface area contributed by atoms with Gasteiger partial charge in [0, 0.05) is 30.8 Å². The summed E-state index contributed by atoms with van der Waals surface area (Å²) in [6.07, 6.45) is 3.04. The van der Waals surface area contributed by atoms with Crippen LogP contribution in [0.1, 0.15) is 32.0 Å². The molecule has 0 saturated carbocycles. The van der Waals surface area contributed by atoms with Crippen LogP contribution in [0.15, 0.2) is 24.3 Å². The van der Waals surface area contributed by atoms with Crippen molar-refractivity contribution in [1.29, 1.82) is 0 Å². The third kappa shape index (κ3) is 5.84. The molecule has 1 aromatic heterocycles. The van der Waals surface area contributed by atoms with Crippen LogP contribution in [0.2, 0.25) is 10.2 Å². The van der Waals surface area contributed by atoms with Crippen molar-refractivity contribution in [2.75, 3.05) is 10.6 Å². The minimum atomic E-state index is -0.328. The molecular weight excluding hydrogens is 387 g/mol. The van der Waals surface area contributed by atoms with E-state index >= 15 is 0 Å². The first-order chi connectivity index (χ1) is 12.7. The highest BCUT2D eigenvalue weighted by Crippen LogP contribution is 2.26. The summed E-state index contributed by atoms with van der Waals surface area (Å²) in [6.45, 7) is 8.12. The summed E-state index contributed by atoms with van der Waals surface area (Å²) in [7, 11) is 0. The van der Waals surface area contributed by atoms with Gasteiger partial charge in [0.05, 0.1) is 16.4 Å². The van der Waals surface area contributed by atoms with Gasteiger partial charge in [0.1, 0.15) is 5.15 Å². The molecule has 0 spiro atoms. The van der Waals surface area contributed by atoms with E-state index in [0.29, 0.717) is 39.6 Å². The Morgan fingerprint density at radius 2 is 1.96 bits per heavy atom. The Labute approximate surface area is 168 Å². The number of nitrogens with zero attached hydrogens (tertiary/aromatic N) is 2. The maximum Gasteiger partial charge on any atom is 0.248 e. The molecule has 2 amide bonds. The number of rotatable bonds is 6. The van der Waals surface area contributed by atoms with Crippen LogP contribution in [0.25, 0.3) is 6.08 Å². The molecule has 0 aliphatic heterocycles. The monoisotopic (exact) mass is 408 g/mol. The number of carbonyl (C=O) groups excluding carboxylic acids is 2. The zero-order valence-corrected chi connectivity index (χ0v) is 17.1. The summed E-state index contributed by atoms with van der Waals surface area (Å²) in [5, 5.41) is 10.6. The Bertz CT molecular complexity index is 888. The summed E-state index contributed by atoms with van der Waals surface area (Å²) >= 11 is 12.5. The number of aromatic nitrogens is 2. The lowest BCUT2D eigenvalue weighted by Crippen LogP contribution is -2.09. The van der Waals surface area contributed by atoms with Crippen molar-refractivity contribution in [1.82, 2.24) is 9.78 Å². The van der Waals surface area contributed by atoms with Gasteiger partial charge < -0.3 is 10.6 Å². The second kappa shape index (κ2) is 9.06. The van der Waals surface area contributed by atoms with Crippen molar-refractivity contribution >= 4 is 52.5 Å². The Morgan fingerprint density at radius 1 is 1.26 bits per heavy atom. The Morgan fingerprint density at radius 3 is 2.56 bits per heavy atom. The smallest absolute Gasteiger partial charge is 0.248 e. The van der Waals surface area contributed by atoms with Crippen LogP contribution >= 0.6 is 23.2 Å². The number of anilines is 2. The first kappa shape index (κ1) is 21.0. The van der Waals surface area contributed by atoms with E-state index in [4.69, 9.17) is 23.2 Å². The molecule has 2 aromatic rings. The van der Waals surface area contributed by atoms with Gasteiger partial charge in [0.25, 0.3) is 0 Å². The standard InChI is InChI=1S/C19H22Cl2N4O2/c1-11(2)10-25-19(21)15(12(3)24-25)6-8-18(27)23-14-5-7-17(16(20)9-14)22-13(4)26/h5-9,11H,10H2,1-4H3,(H,22,26)(H,23,27)/b8-6+. The molecular formula is C19H22Cl2N4O2. The van der Waals surface area contributed by atoms with Gasteiger partial charge in [-0.15, -0.1) is 0 Å². The molecule has 1 aromatic carbocycles. The Hall–Kier alpha value is -2.31. The summed E-state index contributed by atoms with van der Waals surface area (Å²) in [6, 6.07) is 4.85. The number of hydrogen-bond acceptors (Lipinski definition) is 3. The predicted octanol–water partition coefficient (Wildman–Crippen LogP) is 4.76. The largest absolute Gasteiger partial charge is 0.325 e. The van der Waals surface area contributed by atoms with Crippen molar-refractivity contribution < 1.29 is 9.59 Å². The molecule has 0 radical (unpaired) electrons. The van der Waals surface area contributed by atoms with Crippen LogP contribution in [-0.4, -0.2) is 21.6 Å². The fraction of sp³-hybridized carbons (Fsp3) is 0.316. The lowest BCUT2D eigenvalue weighted by atomic mass is 10.2. The average molecular weight is 409 g/mol. The van der Waals surface area contributed by atoms with Crippen LogP contribution in [-0.2, 0) is 16.1 Å². The van der Waals surface area contributed by atoms with Gasteiger partial charge in [0.2, 0.25) is 11.8 Å². The van der Waals surface area contributed by atoms with E-state index in [1.807, 2.05) is 6.92 Å². The molecule has 2 rings (SSSR count). The van der Waals surface area contributed by atoms with Gasteiger partial charge in [-0.3, -0.25) is 14.3 Å². The van der Waals surface area contributed by atoms with E-state index in [-0.39, 0.29) is 11.8 Å². The molecule has 0 atom stereocenters. The normalized spacial score (nSPS) is 11.2. The van der Waals surface area contributed by atoms with Crippen molar-refractivity contribution in [2.45, 2.75) is 34.2 Å². The van der Waals surface area contributed by atoms with Crippen molar-refractivity contribution in [2.24, 2.45) is 5.92 Å². The van der Waals surface area contributed by atoms with Gasteiger partial charge >= 0.3 is 0 Å². The minimum absolute atomic E-state index is 0.220. The second-order valence-corrected chi connectivity index (χ2v) is 7.33. The third-order valence-electron chi connectivity index (χ3n) is 3.60. The second-order valence-electron chi connectivity index (χ2n) is 6.56. The average Bonchev–Trinajstić information content (AvgIpc) is 2.81. The zero-order chi connectivity index (χ0) is 20.1. The maximum absolute atomic E-state index is 12.2. The number of nitrogens with one attached hydrogen (secondary N) is 2. The molecule has 0 bridgehead atoms. The summed E-state index contributed by atoms with van der Waals surface area (Å²) in [5.41, 5.74) is 2.47. The molecule has 0 fully saturated rings.